The Bertz CT molecular complexity index is 808. The number of nitrogens with zero attached hydrogens (tertiary/aromatic N) is 2. The van der Waals surface area contributed by atoms with Crippen LogP contribution in [0.4, 0.5) is 0 Å². The van der Waals surface area contributed by atoms with E-state index in [1.807, 2.05) is 29.7 Å². The lowest BCUT2D eigenvalue weighted by Crippen LogP contribution is -2.09. The summed E-state index contributed by atoms with van der Waals surface area (Å²) in [4.78, 5) is 16.3. The summed E-state index contributed by atoms with van der Waals surface area (Å²) in [5.74, 6) is -0.945. The van der Waals surface area contributed by atoms with Crippen LogP contribution in [0.5, 0.6) is 0 Å². The predicted molar refractivity (Wildman–Crippen MR) is 95.7 cm³/mol. The Morgan fingerprint density at radius 3 is 2.75 bits per heavy atom. The zero-order chi connectivity index (χ0) is 16.9. The molecule has 0 aliphatic carbocycles. The maximum Gasteiger partial charge on any atom is 0.321 e. The van der Waals surface area contributed by atoms with Crippen LogP contribution >= 0.6 is 23.5 Å². The minimum Gasteiger partial charge on any atom is -0.480 e. The van der Waals surface area contributed by atoms with Crippen LogP contribution in [0, 0.1) is 11.3 Å². The number of allylic oxidation sites excluding steroid dienone is 1. The third-order valence-electron chi connectivity index (χ3n) is 3.58. The summed E-state index contributed by atoms with van der Waals surface area (Å²) in [6, 6.07) is 14.7. The average molecular weight is 354 g/mol. The Kier molecular flexibility index (Phi) is 5.24. The third-order valence-corrected chi connectivity index (χ3v) is 5.93. The van der Waals surface area contributed by atoms with E-state index >= 15 is 0 Å². The second-order valence-corrected chi connectivity index (χ2v) is 7.39. The molecule has 0 saturated heterocycles. The first kappa shape index (κ1) is 16.6. The van der Waals surface area contributed by atoms with E-state index in [0.29, 0.717) is 16.2 Å². The molecule has 24 heavy (non-hydrogen) atoms. The van der Waals surface area contributed by atoms with Gasteiger partial charge in [-0.1, -0.05) is 48.2 Å². The first-order chi connectivity index (χ1) is 11.7. The Hall–Kier alpha value is -2.23. The molecular weight excluding hydrogens is 340 g/mol. The van der Waals surface area contributed by atoms with Gasteiger partial charge in [0.1, 0.15) is 16.3 Å². The molecule has 6 heteroatoms. The number of carboxylic acid groups (broad SMARTS) is 1. The number of rotatable bonds is 5. The van der Waals surface area contributed by atoms with Crippen molar-refractivity contribution >= 4 is 29.5 Å². The molecule has 1 N–H and O–H groups in total. The maximum atomic E-state index is 11.7. The Labute approximate surface area is 148 Å². The number of hydrogen-bond acceptors (Lipinski definition) is 5. The van der Waals surface area contributed by atoms with E-state index in [-0.39, 0.29) is 5.25 Å². The lowest BCUT2D eigenvalue weighted by atomic mass is 10.1. The molecule has 2 atom stereocenters. The fraction of sp³-hybridized carbons (Fsp3) is 0.167. The van der Waals surface area contributed by atoms with Crippen LogP contribution in [-0.2, 0) is 4.79 Å². The van der Waals surface area contributed by atoms with Crippen LogP contribution in [-0.4, -0.2) is 16.1 Å². The first-order valence-electron chi connectivity index (χ1n) is 7.35. The minimum absolute atomic E-state index is 0.233. The Morgan fingerprint density at radius 2 is 2.12 bits per heavy atom. The maximum absolute atomic E-state index is 11.7. The van der Waals surface area contributed by atoms with E-state index in [2.05, 4.69) is 17.1 Å². The van der Waals surface area contributed by atoms with Crippen LogP contribution in [0.15, 0.2) is 59.0 Å². The summed E-state index contributed by atoms with van der Waals surface area (Å²) in [5, 5.41) is 20.9. The molecule has 2 heterocycles. The highest BCUT2D eigenvalue weighted by Gasteiger charge is 2.24. The molecule has 0 unspecified atom stereocenters. The van der Waals surface area contributed by atoms with Gasteiger partial charge in [0, 0.05) is 0 Å². The van der Waals surface area contributed by atoms with Crippen molar-refractivity contribution in [3.05, 3.63) is 70.8 Å². The van der Waals surface area contributed by atoms with Gasteiger partial charge in [-0.05, 0) is 29.5 Å². The molecule has 0 bridgehead atoms. The molecule has 0 amide bonds. The molecule has 1 aliphatic rings. The molecular formula is C18H14N2O2S2. The summed E-state index contributed by atoms with van der Waals surface area (Å²) in [6.45, 7) is 0. The van der Waals surface area contributed by atoms with Gasteiger partial charge in [0.25, 0.3) is 0 Å². The molecule has 120 valence electrons. The van der Waals surface area contributed by atoms with Gasteiger partial charge in [0.15, 0.2) is 0 Å². The molecule has 0 fully saturated rings. The van der Waals surface area contributed by atoms with Gasteiger partial charge in [0.05, 0.1) is 16.5 Å². The van der Waals surface area contributed by atoms with Crippen molar-refractivity contribution in [1.82, 2.24) is 4.98 Å². The molecule has 0 spiro atoms. The number of pyridine rings is 1. The second-order valence-electron chi connectivity index (χ2n) is 5.18. The van der Waals surface area contributed by atoms with Crippen molar-refractivity contribution in [2.45, 2.75) is 21.9 Å². The molecule has 4 nitrogen and oxygen atoms in total. The van der Waals surface area contributed by atoms with E-state index in [9.17, 15) is 15.2 Å². The van der Waals surface area contributed by atoms with E-state index in [1.54, 1.807) is 30.0 Å². The number of nitriles is 1. The highest BCUT2D eigenvalue weighted by Crippen LogP contribution is 2.40. The highest BCUT2D eigenvalue weighted by atomic mass is 32.2. The van der Waals surface area contributed by atoms with Crippen molar-refractivity contribution in [1.29, 1.82) is 5.26 Å². The van der Waals surface area contributed by atoms with Crippen molar-refractivity contribution in [3.8, 4) is 6.07 Å². The number of hydrogen-bond donors (Lipinski definition) is 1. The van der Waals surface area contributed by atoms with Crippen LogP contribution in [0.1, 0.15) is 33.7 Å². The summed E-state index contributed by atoms with van der Waals surface area (Å²) < 4.78 is 0. The van der Waals surface area contributed by atoms with Gasteiger partial charge in [0.2, 0.25) is 0 Å². The molecule has 0 radical (unpaired) electrons. The normalized spacial score (nSPS) is 17.4. The predicted octanol–water partition coefficient (Wildman–Crippen LogP) is 4.56. The lowest BCUT2D eigenvalue weighted by molar-refractivity contribution is -0.136. The average Bonchev–Trinajstić information content (AvgIpc) is 3.14. The molecule has 2 aromatic rings. The lowest BCUT2D eigenvalue weighted by Gasteiger charge is -2.15. The molecule has 1 aliphatic heterocycles. The topological polar surface area (TPSA) is 74.0 Å². The van der Waals surface area contributed by atoms with Crippen molar-refractivity contribution < 1.29 is 9.90 Å². The van der Waals surface area contributed by atoms with Crippen molar-refractivity contribution in [2.24, 2.45) is 0 Å². The molecule has 1 aromatic carbocycles. The first-order valence-corrected chi connectivity index (χ1v) is 9.17. The smallest absolute Gasteiger partial charge is 0.321 e. The van der Waals surface area contributed by atoms with Gasteiger partial charge >= 0.3 is 5.97 Å². The standard InChI is InChI=1S/C18H14N2O2S2/c19-11-13-8-9-14(15-7-4-10-23-15)20-17(13)24-16(18(21)22)12-5-2-1-3-6-12/h1-6,8-10,15-16H,7H2,(H,21,22)/t15-,16+/m1/s1. The van der Waals surface area contributed by atoms with Crippen LogP contribution in [0.25, 0.3) is 0 Å². The van der Waals surface area contributed by atoms with Crippen LogP contribution in [0.2, 0.25) is 0 Å². The number of aromatic nitrogens is 1. The second kappa shape index (κ2) is 7.56. The largest absolute Gasteiger partial charge is 0.480 e. The highest BCUT2D eigenvalue weighted by molar-refractivity contribution is 8.02. The van der Waals surface area contributed by atoms with Gasteiger partial charge in [-0.2, -0.15) is 5.26 Å². The third kappa shape index (κ3) is 3.64. The molecule has 3 rings (SSSR count). The SMILES string of the molecule is N#Cc1ccc([C@H]2CC=CS2)nc1S[C@H](C(=O)O)c1ccccc1. The van der Waals surface area contributed by atoms with Gasteiger partial charge in [-0.3, -0.25) is 4.79 Å². The summed E-state index contributed by atoms with van der Waals surface area (Å²) in [7, 11) is 0. The fourth-order valence-corrected chi connectivity index (χ4v) is 4.31. The van der Waals surface area contributed by atoms with Gasteiger partial charge < -0.3 is 5.11 Å². The Balaban J connectivity index is 1.93. The zero-order valence-corrected chi connectivity index (χ0v) is 14.3. The summed E-state index contributed by atoms with van der Waals surface area (Å²) in [5.41, 5.74) is 1.97. The van der Waals surface area contributed by atoms with E-state index in [4.69, 9.17) is 0 Å². The zero-order valence-electron chi connectivity index (χ0n) is 12.6. The number of carboxylic acids is 1. The molecule has 0 saturated carbocycles. The summed E-state index contributed by atoms with van der Waals surface area (Å²) in [6.07, 6.45) is 2.99. The van der Waals surface area contributed by atoms with E-state index < -0.39 is 11.2 Å². The van der Waals surface area contributed by atoms with Crippen LogP contribution in [0.3, 0.4) is 0 Å². The Morgan fingerprint density at radius 1 is 1.33 bits per heavy atom. The van der Waals surface area contributed by atoms with Gasteiger partial charge in [-0.15, -0.1) is 11.8 Å². The van der Waals surface area contributed by atoms with Crippen molar-refractivity contribution in [3.63, 3.8) is 0 Å². The quantitative estimate of drug-likeness (QED) is 0.793. The molecule has 1 aromatic heterocycles. The van der Waals surface area contributed by atoms with E-state index in [0.717, 1.165) is 23.9 Å². The number of carbonyl (C=O) groups is 1. The number of benzene rings is 1. The summed E-state index contributed by atoms with van der Waals surface area (Å²) >= 11 is 2.80. The number of aliphatic carboxylic acids is 1. The minimum atomic E-state index is -0.945. The van der Waals surface area contributed by atoms with Crippen molar-refractivity contribution in [2.75, 3.05) is 0 Å². The van der Waals surface area contributed by atoms with Crippen LogP contribution < -0.4 is 0 Å². The fourth-order valence-electron chi connectivity index (χ4n) is 2.39. The van der Waals surface area contributed by atoms with E-state index in [1.165, 1.54) is 0 Å². The monoisotopic (exact) mass is 354 g/mol. The van der Waals surface area contributed by atoms with Gasteiger partial charge in [-0.25, -0.2) is 4.98 Å². The number of thioether (sulfide) groups is 2.